The Balaban J connectivity index is 1.62. The summed E-state index contributed by atoms with van der Waals surface area (Å²) in [6, 6.07) is 0. The van der Waals surface area contributed by atoms with Crippen LogP contribution >= 0.6 is 0 Å². The van der Waals surface area contributed by atoms with E-state index in [0.717, 1.165) is 19.3 Å². The van der Waals surface area contributed by atoms with Crippen LogP contribution in [-0.4, -0.2) is 24.2 Å². The maximum atomic E-state index is 12.3. The first-order chi connectivity index (χ1) is 12.3. The smallest absolute Gasteiger partial charge is 0.222 e. The molecule has 26 heavy (non-hydrogen) atoms. The third-order valence-electron chi connectivity index (χ3n) is 9.39. The molecule has 0 aromatic rings. The van der Waals surface area contributed by atoms with E-state index >= 15 is 0 Å². The highest BCUT2D eigenvalue weighted by atomic mass is 16.3. The molecule has 0 saturated heterocycles. The molecule has 0 aliphatic heterocycles. The molecule has 4 rings (SSSR count). The molecule has 0 aromatic carbocycles. The van der Waals surface area contributed by atoms with E-state index in [2.05, 4.69) is 32.2 Å². The van der Waals surface area contributed by atoms with Gasteiger partial charge in [0.2, 0.25) is 5.91 Å². The molecule has 146 valence electrons. The number of fused-ring (bicyclic) bond motifs is 5. The Bertz CT molecular complexity index is 613. The van der Waals surface area contributed by atoms with Crippen LogP contribution in [0.2, 0.25) is 0 Å². The molecule has 0 aromatic heterocycles. The lowest BCUT2D eigenvalue weighted by Gasteiger charge is -2.57. The lowest BCUT2D eigenvalue weighted by Crippen LogP contribution is -2.50. The highest BCUT2D eigenvalue weighted by molar-refractivity contribution is 5.78. The Hall–Kier alpha value is -0.830. The third kappa shape index (κ3) is 2.52. The molecule has 0 unspecified atom stereocenters. The van der Waals surface area contributed by atoms with E-state index in [-0.39, 0.29) is 23.3 Å². The Kier molecular flexibility index (Phi) is 4.53. The van der Waals surface area contributed by atoms with Gasteiger partial charge in [-0.15, -0.1) is 0 Å². The second-order valence-electron chi connectivity index (χ2n) is 10.3. The Morgan fingerprint density at radius 3 is 2.58 bits per heavy atom. The lowest BCUT2D eigenvalue weighted by molar-refractivity contribution is -0.127. The van der Waals surface area contributed by atoms with Crippen LogP contribution in [0, 0.1) is 40.4 Å². The summed E-state index contributed by atoms with van der Waals surface area (Å²) in [5, 5.41) is 13.0. The van der Waals surface area contributed by atoms with Crippen LogP contribution < -0.4 is 5.32 Å². The Morgan fingerprint density at radius 1 is 1.15 bits per heavy atom. The van der Waals surface area contributed by atoms with Gasteiger partial charge in [0.15, 0.2) is 0 Å². The van der Waals surface area contributed by atoms with Gasteiger partial charge in [-0.3, -0.25) is 4.79 Å². The van der Waals surface area contributed by atoms with E-state index in [9.17, 15) is 9.90 Å². The van der Waals surface area contributed by atoms with Crippen LogP contribution in [0.1, 0.15) is 72.1 Å². The normalized spacial score (nSPS) is 48.7. The predicted octanol–water partition coefficient (Wildman–Crippen LogP) is 4.31. The molecule has 1 amide bonds. The molecule has 0 radical (unpaired) electrons. The van der Waals surface area contributed by atoms with E-state index in [1.165, 1.54) is 32.1 Å². The van der Waals surface area contributed by atoms with Gasteiger partial charge in [-0.1, -0.05) is 32.4 Å². The molecule has 0 heterocycles. The number of carbonyl (C=O) groups excluding carboxylic acids is 1. The van der Waals surface area contributed by atoms with Crippen molar-refractivity contribution in [2.45, 2.75) is 78.2 Å². The van der Waals surface area contributed by atoms with Crippen molar-refractivity contribution < 1.29 is 9.90 Å². The van der Waals surface area contributed by atoms with Gasteiger partial charge in [-0.05, 0) is 85.9 Å². The number of hydrogen-bond donors (Lipinski definition) is 2. The van der Waals surface area contributed by atoms with Gasteiger partial charge in [0, 0.05) is 13.0 Å². The van der Waals surface area contributed by atoms with Gasteiger partial charge in [0.1, 0.15) is 0 Å². The van der Waals surface area contributed by atoms with Crippen LogP contribution in [0.25, 0.3) is 0 Å². The summed E-state index contributed by atoms with van der Waals surface area (Å²) in [6.45, 7) is 7.13. The molecule has 0 spiro atoms. The Labute approximate surface area is 159 Å². The fourth-order valence-corrected chi connectivity index (χ4v) is 7.76. The van der Waals surface area contributed by atoms with E-state index in [1.807, 2.05) is 0 Å². The standard InChI is InChI=1S/C23H37NO2/c1-14(21(26)24-4)18-7-8-19-17-6-5-15-13-16(25)9-11-22(15,2)20(17)10-12-23(18,19)3/h6,14-16,18-20,25H,5,7-13H2,1-4H3,(H,24,26)/t14-,15-,16-,18+,19-,20-,22-,23+/m0/s1. The third-order valence-corrected chi connectivity index (χ3v) is 9.39. The molecule has 3 fully saturated rings. The van der Waals surface area contributed by atoms with Crippen molar-refractivity contribution in [2.24, 2.45) is 40.4 Å². The molecule has 3 saturated carbocycles. The van der Waals surface area contributed by atoms with Crippen molar-refractivity contribution in [1.82, 2.24) is 5.32 Å². The summed E-state index contributed by atoms with van der Waals surface area (Å²) in [5.41, 5.74) is 2.40. The van der Waals surface area contributed by atoms with Gasteiger partial charge >= 0.3 is 0 Å². The summed E-state index contributed by atoms with van der Waals surface area (Å²) in [4.78, 5) is 12.3. The molecule has 4 aliphatic carbocycles. The van der Waals surface area contributed by atoms with E-state index in [0.29, 0.717) is 29.1 Å². The zero-order valence-corrected chi connectivity index (χ0v) is 17.1. The average Bonchev–Trinajstić information content (AvgIpc) is 2.98. The fourth-order valence-electron chi connectivity index (χ4n) is 7.76. The minimum Gasteiger partial charge on any atom is -0.393 e. The zero-order valence-electron chi connectivity index (χ0n) is 17.1. The van der Waals surface area contributed by atoms with Crippen molar-refractivity contribution in [1.29, 1.82) is 0 Å². The first-order valence-electron chi connectivity index (χ1n) is 10.9. The SMILES string of the molecule is CNC(=O)[C@@H](C)[C@H]1CC[C@H]2C3=CC[C@H]4C[C@@H](O)CC[C@]4(C)[C@H]3CC[C@]12C. The maximum absolute atomic E-state index is 12.3. The lowest BCUT2D eigenvalue weighted by atomic mass is 9.47. The van der Waals surface area contributed by atoms with Gasteiger partial charge in [0.25, 0.3) is 0 Å². The monoisotopic (exact) mass is 359 g/mol. The first-order valence-corrected chi connectivity index (χ1v) is 10.9. The number of allylic oxidation sites excluding steroid dienone is 2. The van der Waals surface area contributed by atoms with Crippen molar-refractivity contribution in [3.8, 4) is 0 Å². The topological polar surface area (TPSA) is 49.3 Å². The summed E-state index contributed by atoms with van der Waals surface area (Å²) >= 11 is 0. The van der Waals surface area contributed by atoms with E-state index < -0.39 is 0 Å². The van der Waals surface area contributed by atoms with Gasteiger partial charge < -0.3 is 10.4 Å². The van der Waals surface area contributed by atoms with Gasteiger partial charge in [-0.25, -0.2) is 0 Å². The second kappa shape index (κ2) is 6.36. The molecule has 2 N–H and O–H groups in total. The summed E-state index contributed by atoms with van der Waals surface area (Å²) in [7, 11) is 1.77. The molecular weight excluding hydrogens is 322 g/mol. The quantitative estimate of drug-likeness (QED) is 0.722. The largest absolute Gasteiger partial charge is 0.393 e. The molecule has 3 nitrogen and oxygen atoms in total. The number of nitrogens with one attached hydrogen (secondary N) is 1. The average molecular weight is 360 g/mol. The number of amides is 1. The summed E-state index contributed by atoms with van der Waals surface area (Å²) < 4.78 is 0. The van der Waals surface area contributed by atoms with E-state index in [4.69, 9.17) is 0 Å². The molecule has 0 bridgehead atoms. The minimum absolute atomic E-state index is 0.0823. The van der Waals surface area contributed by atoms with Crippen LogP contribution in [0.15, 0.2) is 11.6 Å². The van der Waals surface area contributed by atoms with Crippen molar-refractivity contribution in [2.75, 3.05) is 7.05 Å². The highest BCUT2D eigenvalue weighted by Crippen LogP contribution is 2.66. The van der Waals surface area contributed by atoms with Crippen molar-refractivity contribution in [3.05, 3.63) is 11.6 Å². The molecule has 3 heteroatoms. The van der Waals surface area contributed by atoms with Crippen LogP contribution in [0.3, 0.4) is 0 Å². The highest BCUT2D eigenvalue weighted by Gasteiger charge is 2.58. The first kappa shape index (κ1) is 18.5. The van der Waals surface area contributed by atoms with Crippen molar-refractivity contribution >= 4 is 5.91 Å². The van der Waals surface area contributed by atoms with Crippen LogP contribution in [-0.2, 0) is 4.79 Å². The number of aliphatic hydroxyl groups excluding tert-OH is 1. The van der Waals surface area contributed by atoms with Gasteiger partial charge in [0.05, 0.1) is 6.10 Å². The van der Waals surface area contributed by atoms with E-state index in [1.54, 1.807) is 12.6 Å². The predicted molar refractivity (Wildman–Crippen MR) is 104 cm³/mol. The Morgan fingerprint density at radius 2 is 1.85 bits per heavy atom. The number of carbonyl (C=O) groups is 1. The zero-order chi connectivity index (χ0) is 18.7. The van der Waals surface area contributed by atoms with Crippen molar-refractivity contribution in [3.63, 3.8) is 0 Å². The number of hydrogen-bond acceptors (Lipinski definition) is 2. The minimum atomic E-state index is -0.0823. The molecule has 4 aliphatic rings. The van der Waals surface area contributed by atoms with Crippen LogP contribution in [0.5, 0.6) is 0 Å². The maximum Gasteiger partial charge on any atom is 0.222 e. The second-order valence-corrected chi connectivity index (χ2v) is 10.3. The van der Waals surface area contributed by atoms with Crippen LogP contribution in [0.4, 0.5) is 0 Å². The summed E-state index contributed by atoms with van der Waals surface area (Å²) in [5.74, 6) is 2.87. The summed E-state index contributed by atoms with van der Waals surface area (Å²) in [6.07, 6.45) is 11.8. The number of aliphatic hydroxyl groups is 1. The van der Waals surface area contributed by atoms with Gasteiger partial charge in [-0.2, -0.15) is 0 Å². The molecule has 8 atom stereocenters. The fraction of sp³-hybridized carbons (Fsp3) is 0.870. The number of rotatable bonds is 2. The molecular formula is C23H37NO2.